The zero-order valence-electron chi connectivity index (χ0n) is 55.6. The monoisotopic (exact) mass is 1340 g/mol. The minimum atomic E-state index is 0.886. The highest BCUT2D eigenvalue weighted by atomic mass is 32.1. The van der Waals surface area contributed by atoms with Crippen LogP contribution in [0.15, 0.2) is 341 Å². The second-order valence-corrected chi connectivity index (χ2v) is 28.8. The molecule has 0 amide bonds. The highest BCUT2D eigenvalue weighted by Crippen LogP contribution is 2.48. The Kier molecular flexibility index (Phi) is 11.3. The van der Waals surface area contributed by atoms with Gasteiger partial charge in [0.1, 0.15) is 22.3 Å². The maximum Gasteiger partial charge on any atom is 0.160 e. The van der Waals surface area contributed by atoms with E-state index in [9.17, 15) is 0 Å². The van der Waals surface area contributed by atoms with Crippen molar-refractivity contribution >= 4 is 185 Å². The molecule has 24 aromatic rings. The summed E-state index contributed by atoms with van der Waals surface area (Å²) in [5, 5.41) is 18.7. The Morgan fingerprint density at radius 1 is 0.202 bits per heavy atom. The molecule has 16 aromatic carbocycles. The summed E-state index contributed by atoms with van der Waals surface area (Å²) >= 11 is 1.89. The fraction of sp³-hybridized carbons (Fsp3) is 0. The molecular formula is C96H54N4O3S. The molecule has 0 bridgehead atoms. The van der Waals surface area contributed by atoms with Gasteiger partial charge in [0.15, 0.2) is 11.2 Å². The van der Waals surface area contributed by atoms with Crippen molar-refractivity contribution in [3.05, 3.63) is 328 Å². The fourth-order valence-electron chi connectivity index (χ4n) is 17.7. The lowest BCUT2D eigenvalue weighted by atomic mass is 10.0. The van der Waals surface area contributed by atoms with Crippen LogP contribution >= 0.6 is 11.3 Å². The summed E-state index contributed by atoms with van der Waals surface area (Å²) in [6.45, 7) is 0. The molecule has 0 radical (unpaired) electrons. The Hall–Kier alpha value is -13.7. The molecule has 0 unspecified atom stereocenters. The van der Waals surface area contributed by atoms with E-state index in [-0.39, 0.29) is 0 Å². The van der Waals surface area contributed by atoms with Gasteiger partial charge in [0.2, 0.25) is 0 Å². The topological polar surface area (TPSA) is 59.1 Å². The van der Waals surface area contributed by atoms with Gasteiger partial charge in [-0.1, -0.05) is 206 Å². The normalized spacial score (nSPS) is 12.4. The molecule has 7 nitrogen and oxygen atoms in total. The van der Waals surface area contributed by atoms with Crippen molar-refractivity contribution in [2.45, 2.75) is 0 Å². The molecule has 24 rings (SSSR count). The molecule has 8 aromatic heterocycles. The van der Waals surface area contributed by atoms with E-state index < -0.39 is 0 Å². The number of fused-ring (bicyclic) bond motifs is 28. The van der Waals surface area contributed by atoms with Gasteiger partial charge < -0.3 is 31.5 Å². The van der Waals surface area contributed by atoms with Crippen LogP contribution in [0.4, 0.5) is 0 Å². The molecular weight excluding hydrogens is 1290 g/mol. The predicted molar refractivity (Wildman–Crippen MR) is 435 cm³/mol. The molecule has 0 saturated carbocycles. The van der Waals surface area contributed by atoms with Crippen molar-refractivity contribution in [3.8, 4) is 56.1 Å². The SMILES string of the molecule is c1ccc2c(c1)oc1c2ccc2c1c1ccc(-c3ccc4c(c3)sc3c4ccc4c5ccccc5n(-c5ccc(-c6ccc(-n7c8ccccc8c8ccc9c%10ccccc%10oc9c87)cc6)cc5)c43)cc1n2-c1ccc(-c2ccc(-n3c4ccccc4c4ccc5c6ccccc6oc5c43)cc2)cc1. The van der Waals surface area contributed by atoms with Crippen molar-refractivity contribution in [3.63, 3.8) is 0 Å². The van der Waals surface area contributed by atoms with E-state index in [2.05, 4.69) is 334 Å². The second kappa shape index (κ2) is 21.0. The maximum absolute atomic E-state index is 6.85. The van der Waals surface area contributed by atoms with Crippen LogP contribution in [0, 0.1) is 0 Å². The summed E-state index contributed by atoms with van der Waals surface area (Å²) in [5.41, 5.74) is 25.7. The van der Waals surface area contributed by atoms with Crippen molar-refractivity contribution in [1.82, 2.24) is 18.3 Å². The number of rotatable bonds is 7. The van der Waals surface area contributed by atoms with Gasteiger partial charge in [-0.2, -0.15) is 0 Å². The smallest absolute Gasteiger partial charge is 0.160 e. The highest BCUT2D eigenvalue weighted by molar-refractivity contribution is 7.26. The maximum atomic E-state index is 6.85. The van der Waals surface area contributed by atoms with E-state index in [1.165, 1.54) is 63.5 Å². The Morgan fingerprint density at radius 3 is 1.02 bits per heavy atom. The van der Waals surface area contributed by atoms with E-state index >= 15 is 0 Å². The third kappa shape index (κ3) is 7.78. The van der Waals surface area contributed by atoms with Gasteiger partial charge in [0.05, 0.1) is 54.2 Å². The van der Waals surface area contributed by atoms with Crippen LogP contribution in [0.1, 0.15) is 0 Å². The third-order valence-electron chi connectivity index (χ3n) is 22.4. The molecule has 104 heavy (non-hydrogen) atoms. The minimum absolute atomic E-state index is 0.886. The van der Waals surface area contributed by atoms with Crippen molar-refractivity contribution in [2.75, 3.05) is 0 Å². The quantitative estimate of drug-likeness (QED) is 0.160. The first-order chi connectivity index (χ1) is 51.6. The van der Waals surface area contributed by atoms with Gasteiger partial charge in [-0.05, 0) is 155 Å². The third-order valence-corrected chi connectivity index (χ3v) is 23.6. The molecule has 8 heterocycles. The lowest BCUT2D eigenvalue weighted by Crippen LogP contribution is -1.95. The minimum Gasteiger partial charge on any atom is -0.455 e. The first-order valence-corrected chi connectivity index (χ1v) is 36.3. The van der Waals surface area contributed by atoms with Crippen LogP contribution < -0.4 is 0 Å². The average molecular weight is 1340 g/mol. The molecule has 8 heteroatoms. The van der Waals surface area contributed by atoms with E-state index in [1.54, 1.807) is 0 Å². The Morgan fingerprint density at radius 2 is 0.538 bits per heavy atom. The molecule has 482 valence electrons. The summed E-state index contributed by atoms with van der Waals surface area (Å²) in [6.07, 6.45) is 0. The number of para-hydroxylation sites is 6. The van der Waals surface area contributed by atoms with Crippen LogP contribution in [-0.2, 0) is 0 Å². The molecule has 0 N–H and O–H groups in total. The van der Waals surface area contributed by atoms with Crippen LogP contribution in [0.5, 0.6) is 0 Å². The predicted octanol–water partition coefficient (Wildman–Crippen LogP) is 27.1. The molecule has 0 aliphatic heterocycles. The summed E-state index contributed by atoms with van der Waals surface area (Å²) in [5.74, 6) is 0. The van der Waals surface area contributed by atoms with Crippen molar-refractivity contribution in [2.24, 2.45) is 0 Å². The number of aromatic nitrogens is 4. The number of thiophene rings is 1. The van der Waals surface area contributed by atoms with Gasteiger partial charge in [-0.3, -0.25) is 0 Å². The van der Waals surface area contributed by atoms with Crippen molar-refractivity contribution < 1.29 is 13.3 Å². The number of furan rings is 3. The fourth-order valence-corrected chi connectivity index (χ4v) is 19.0. The Labute approximate surface area is 595 Å². The molecule has 0 saturated heterocycles. The van der Waals surface area contributed by atoms with Gasteiger partial charge in [-0.15, -0.1) is 11.3 Å². The van der Waals surface area contributed by atoms with E-state index in [0.29, 0.717) is 0 Å². The first kappa shape index (κ1) is 56.1. The number of benzene rings is 16. The lowest BCUT2D eigenvalue weighted by molar-refractivity contribution is 0.670. The summed E-state index contributed by atoms with van der Waals surface area (Å²) in [4.78, 5) is 0. The van der Waals surface area contributed by atoms with Gasteiger partial charge >= 0.3 is 0 Å². The molecule has 0 aliphatic rings. The van der Waals surface area contributed by atoms with E-state index in [4.69, 9.17) is 13.3 Å². The summed E-state index contributed by atoms with van der Waals surface area (Å²) < 4.78 is 32.4. The number of hydrogen-bond acceptors (Lipinski definition) is 4. The lowest BCUT2D eigenvalue weighted by Gasteiger charge is -2.12. The van der Waals surface area contributed by atoms with Gasteiger partial charge in [0, 0.05) is 108 Å². The largest absolute Gasteiger partial charge is 0.455 e. The standard InChI is InChI=1S/C96H54N4O3S/c1-7-19-80-65(13-1)72-45-48-76-69-17-5-11-23-86(69)102-94(76)90(72)98(80)62-37-27-56(28-38-62)55-25-35-61(36-26-55)97-83-52-51-75-68-16-4-10-22-85(68)101-93(75)89(83)79-44-34-59(53-84(79)97)60-33-43-71-78-50-47-74-67-15-3-9-21-82(67)100(92(74)96(78)104-88(71)54-60)64-41-31-58(32-42-64)57-29-39-63(40-30-57)99-81-20-8-2-14-66(81)73-46-49-77-70-18-6-12-24-87(70)103-95(77)91(73)99/h1-54H. The molecule has 0 fully saturated rings. The van der Waals surface area contributed by atoms with Crippen LogP contribution in [-0.4, -0.2) is 18.3 Å². The summed E-state index contributed by atoms with van der Waals surface area (Å²) in [7, 11) is 0. The van der Waals surface area contributed by atoms with Gasteiger partial charge in [0.25, 0.3) is 0 Å². The highest BCUT2D eigenvalue weighted by Gasteiger charge is 2.25. The van der Waals surface area contributed by atoms with E-state index in [0.717, 1.165) is 166 Å². The molecule has 0 atom stereocenters. The number of nitrogens with zero attached hydrogens (tertiary/aromatic N) is 4. The van der Waals surface area contributed by atoms with Gasteiger partial charge in [-0.25, -0.2) is 0 Å². The zero-order chi connectivity index (χ0) is 67.6. The van der Waals surface area contributed by atoms with Crippen LogP contribution in [0.3, 0.4) is 0 Å². The van der Waals surface area contributed by atoms with E-state index in [1.807, 2.05) is 23.5 Å². The second-order valence-electron chi connectivity index (χ2n) is 27.8. The first-order valence-electron chi connectivity index (χ1n) is 35.4. The molecule has 0 aliphatic carbocycles. The van der Waals surface area contributed by atoms with Crippen LogP contribution in [0.25, 0.3) is 229 Å². The summed E-state index contributed by atoms with van der Waals surface area (Å²) in [6, 6.07) is 120. The average Bonchev–Trinajstić information content (AvgIpc) is 1.58. The molecule has 0 spiro atoms. The number of hydrogen-bond donors (Lipinski definition) is 0. The Balaban J connectivity index is 0.593. The van der Waals surface area contributed by atoms with Crippen LogP contribution in [0.2, 0.25) is 0 Å². The zero-order valence-corrected chi connectivity index (χ0v) is 56.4. The van der Waals surface area contributed by atoms with Crippen molar-refractivity contribution in [1.29, 1.82) is 0 Å². The Bertz CT molecular complexity index is 7820.